The Balaban J connectivity index is 1.56. The van der Waals surface area contributed by atoms with Crippen molar-refractivity contribution in [3.63, 3.8) is 0 Å². The van der Waals surface area contributed by atoms with Crippen LogP contribution in [0.3, 0.4) is 0 Å². The summed E-state index contributed by atoms with van der Waals surface area (Å²) in [6.07, 6.45) is 0. The molecule has 2 N–H and O–H groups in total. The Morgan fingerprint density at radius 3 is 2.22 bits per heavy atom. The van der Waals surface area contributed by atoms with Gasteiger partial charge in [0, 0.05) is 11.6 Å². The Morgan fingerprint density at radius 1 is 0.906 bits per heavy atom. The lowest BCUT2D eigenvalue weighted by Gasteiger charge is -2.07. The topological polar surface area (TPSA) is 98.1 Å². The average Bonchev–Trinajstić information content (AvgIpc) is 3.29. The third-order valence-corrected chi connectivity index (χ3v) is 4.55. The van der Waals surface area contributed by atoms with Gasteiger partial charge in [-0.2, -0.15) is 0 Å². The summed E-state index contributed by atoms with van der Waals surface area (Å²) in [5.41, 5.74) is 5.61. The molecule has 32 heavy (non-hydrogen) atoms. The van der Waals surface area contributed by atoms with Crippen molar-refractivity contribution in [2.45, 2.75) is 0 Å². The van der Waals surface area contributed by atoms with Crippen LogP contribution in [0.5, 0.6) is 5.75 Å². The molecule has 2 amide bonds. The summed E-state index contributed by atoms with van der Waals surface area (Å²) in [5, 5.41) is 4.30. The van der Waals surface area contributed by atoms with E-state index in [1.807, 2.05) is 60.7 Å². The lowest BCUT2D eigenvalue weighted by atomic mass is 10.2. The van der Waals surface area contributed by atoms with Gasteiger partial charge < -0.3 is 4.74 Å². The van der Waals surface area contributed by atoms with E-state index in [4.69, 9.17) is 4.74 Å². The monoisotopic (exact) mass is 431 g/mol. The van der Waals surface area contributed by atoms with E-state index in [9.17, 15) is 14.0 Å². The molecule has 160 valence electrons. The second kappa shape index (κ2) is 9.09. The van der Waals surface area contributed by atoms with Gasteiger partial charge in [-0.3, -0.25) is 20.4 Å². The number of rotatable bonds is 5. The summed E-state index contributed by atoms with van der Waals surface area (Å²) >= 11 is 0. The summed E-state index contributed by atoms with van der Waals surface area (Å²) in [6.45, 7) is 0. The van der Waals surface area contributed by atoms with E-state index < -0.39 is 17.6 Å². The van der Waals surface area contributed by atoms with Gasteiger partial charge in [0.2, 0.25) is 5.82 Å². The molecule has 8 nitrogen and oxygen atoms in total. The highest BCUT2D eigenvalue weighted by molar-refractivity contribution is 5.98. The van der Waals surface area contributed by atoms with Crippen molar-refractivity contribution in [1.29, 1.82) is 0 Å². The van der Waals surface area contributed by atoms with E-state index in [1.54, 1.807) is 0 Å². The smallest absolute Gasteiger partial charge is 0.309 e. The van der Waals surface area contributed by atoms with E-state index in [1.165, 1.54) is 23.9 Å². The zero-order valence-corrected chi connectivity index (χ0v) is 16.9. The molecule has 4 rings (SSSR count). The maximum absolute atomic E-state index is 14.1. The summed E-state index contributed by atoms with van der Waals surface area (Å²) in [7, 11) is 1.39. The van der Waals surface area contributed by atoms with Crippen molar-refractivity contribution >= 4 is 11.8 Å². The number of aromatic nitrogens is 3. The number of carbonyl (C=O) groups excluding carboxylic acids is 2. The molecule has 0 aliphatic rings. The molecule has 3 aromatic carbocycles. The first-order valence-corrected chi connectivity index (χ1v) is 9.59. The highest BCUT2D eigenvalue weighted by Gasteiger charge is 2.20. The van der Waals surface area contributed by atoms with Gasteiger partial charge in [-0.1, -0.05) is 48.5 Å². The van der Waals surface area contributed by atoms with Gasteiger partial charge in [0.05, 0.1) is 18.4 Å². The number of hydrazine groups is 1. The van der Waals surface area contributed by atoms with Gasteiger partial charge >= 0.3 is 5.91 Å². The SMILES string of the molecule is COc1ccc(C(=O)NNC(=O)c2nc(-c3ccccc3)n(-c3ccccc3)n2)c(F)c1. The van der Waals surface area contributed by atoms with Crippen LogP contribution in [0.25, 0.3) is 17.1 Å². The molecule has 0 atom stereocenters. The van der Waals surface area contributed by atoms with Crippen LogP contribution in [-0.2, 0) is 0 Å². The number of nitrogens with zero attached hydrogens (tertiary/aromatic N) is 3. The molecule has 0 saturated heterocycles. The number of carbonyl (C=O) groups is 2. The van der Waals surface area contributed by atoms with Crippen molar-refractivity contribution in [3.05, 3.63) is 96.1 Å². The van der Waals surface area contributed by atoms with Crippen molar-refractivity contribution in [2.75, 3.05) is 7.11 Å². The number of hydrogen-bond acceptors (Lipinski definition) is 5. The fourth-order valence-electron chi connectivity index (χ4n) is 2.98. The van der Waals surface area contributed by atoms with Gasteiger partial charge in [0.25, 0.3) is 5.91 Å². The Bertz CT molecular complexity index is 1200. The highest BCUT2D eigenvalue weighted by Crippen LogP contribution is 2.21. The average molecular weight is 431 g/mol. The maximum atomic E-state index is 14.1. The van der Waals surface area contributed by atoms with Crippen LogP contribution in [0, 0.1) is 5.82 Å². The minimum atomic E-state index is -0.829. The summed E-state index contributed by atoms with van der Waals surface area (Å²) in [5.74, 6) is -1.80. The van der Waals surface area contributed by atoms with Crippen LogP contribution in [0.2, 0.25) is 0 Å². The Labute approximate surface area is 182 Å². The lowest BCUT2D eigenvalue weighted by Crippen LogP contribution is -2.42. The molecular formula is C23H18FN5O3. The number of benzene rings is 3. The minimum Gasteiger partial charge on any atom is -0.497 e. The first-order chi connectivity index (χ1) is 15.6. The molecule has 0 saturated carbocycles. The van der Waals surface area contributed by atoms with Crippen LogP contribution in [0.4, 0.5) is 4.39 Å². The molecule has 1 heterocycles. The molecule has 0 aliphatic heterocycles. The van der Waals surface area contributed by atoms with Gasteiger partial charge in [0.1, 0.15) is 11.6 Å². The lowest BCUT2D eigenvalue weighted by molar-refractivity contribution is 0.0838. The molecule has 0 spiro atoms. The molecule has 0 unspecified atom stereocenters. The third kappa shape index (κ3) is 4.31. The first-order valence-electron chi connectivity index (χ1n) is 9.59. The highest BCUT2D eigenvalue weighted by atomic mass is 19.1. The largest absolute Gasteiger partial charge is 0.497 e. The number of methoxy groups -OCH3 is 1. The van der Waals surface area contributed by atoms with Crippen molar-refractivity contribution in [2.24, 2.45) is 0 Å². The Kier molecular flexibility index (Phi) is 5.89. The predicted octanol–water partition coefficient (Wildman–Crippen LogP) is 3.16. The molecule has 0 radical (unpaired) electrons. The van der Waals surface area contributed by atoms with Crippen molar-refractivity contribution in [1.82, 2.24) is 25.6 Å². The Morgan fingerprint density at radius 2 is 1.56 bits per heavy atom. The second-order valence-electron chi connectivity index (χ2n) is 6.63. The van der Waals surface area contributed by atoms with Crippen LogP contribution >= 0.6 is 0 Å². The predicted molar refractivity (Wildman–Crippen MR) is 115 cm³/mol. The number of nitrogens with one attached hydrogen (secondary N) is 2. The van der Waals surface area contributed by atoms with Crippen molar-refractivity contribution in [3.8, 4) is 22.8 Å². The second-order valence-corrected chi connectivity index (χ2v) is 6.63. The number of halogens is 1. The fourth-order valence-corrected chi connectivity index (χ4v) is 2.98. The molecule has 4 aromatic rings. The van der Waals surface area contributed by atoms with Crippen LogP contribution < -0.4 is 15.6 Å². The van der Waals surface area contributed by atoms with E-state index >= 15 is 0 Å². The van der Waals surface area contributed by atoms with E-state index in [0.717, 1.165) is 11.6 Å². The van der Waals surface area contributed by atoms with Crippen LogP contribution in [0.1, 0.15) is 21.0 Å². The maximum Gasteiger partial charge on any atom is 0.309 e. The number of para-hydroxylation sites is 1. The molecular weight excluding hydrogens is 413 g/mol. The van der Waals surface area contributed by atoms with Gasteiger partial charge in [-0.15, -0.1) is 5.10 Å². The van der Waals surface area contributed by atoms with Crippen LogP contribution in [0.15, 0.2) is 78.9 Å². The fraction of sp³-hybridized carbons (Fsp3) is 0.0435. The summed E-state index contributed by atoms with van der Waals surface area (Å²) in [6, 6.07) is 22.2. The first kappa shape index (κ1) is 20.7. The van der Waals surface area contributed by atoms with Gasteiger partial charge in [-0.05, 0) is 24.3 Å². The van der Waals surface area contributed by atoms with Gasteiger partial charge in [-0.25, -0.2) is 14.1 Å². The summed E-state index contributed by atoms with van der Waals surface area (Å²) < 4.78 is 20.5. The minimum absolute atomic E-state index is 0.164. The number of ether oxygens (including phenoxy) is 1. The number of hydrogen-bond donors (Lipinski definition) is 2. The van der Waals surface area contributed by atoms with Gasteiger partial charge in [0.15, 0.2) is 5.82 Å². The molecule has 0 aliphatic carbocycles. The summed E-state index contributed by atoms with van der Waals surface area (Å²) in [4.78, 5) is 29.2. The zero-order valence-electron chi connectivity index (χ0n) is 16.9. The van der Waals surface area contributed by atoms with E-state index in [0.29, 0.717) is 11.5 Å². The zero-order chi connectivity index (χ0) is 22.5. The normalized spacial score (nSPS) is 10.4. The molecule has 1 aromatic heterocycles. The van der Waals surface area contributed by atoms with Crippen molar-refractivity contribution < 1.29 is 18.7 Å². The standard InChI is InChI=1S/C23H18FN5O3/c1-32-17-12-13-18(19(24)14-17)22(30)26-27-23(31)20-25-21(15-8-4-2-5-9-15)29(28-20)16-10-6-3-7-11-16/h2-14H,1H3,(H,26,30)(H,27,31). The Hall–Kier alpha value is -4.53. The van der Waals surface area contributed by atoms with E-state index in [2.05, 4.69) is 20.9 Å². The third-order valence-electron chi connectivity index (χ3n) is 4.55. The molecule has 0 bridgehead atoms. The molecule has 9 heteroatoms. The molecule has 0 fully saturated rings. The number of amides is 2. The van der Waals surface area contributed by atoms with E-state index in [-0.39, 0.29) is 17.1 Å². The van der Waals surface area contributed by atoms with Crippen LogP contribution in [-0.4, -0.2) is 33.7 Å². The quantitative estimate of drug-likeness (QED) is 0.473.